The SMILES string of the molecule is CC(C)(C)n1c(=O)[nH]c2c(Br)cccc21. The van der Waals surface area contributed by atoms with Gasteiger partial charge in [0.2, 0.25) is 0 Å². The normalized spacial score (nSPS) is 12.3. The van der Waals surface area contributed by atoms with Crippen molar-refractivity contribution in [2.45, 2.75) is 26.3 Å². The van der Waals surface area contributed by atoms with E-state index in [2.05, 4.69) is 20.9 Å². The average molecular weight is 269 g/mol. The molecule has 0 aliphatic carbocycles. The first kappa shape index (κ1) is 10.5. The smallest absolute Gasteiger partial charge is 0.305 e. The Hall–Kier alpha value is -1.03. The van der Waals surface area contributed by atoms with Gasteiger partial charge in [-0.05, 0) is 48.8 Å². The molecule has 80 valence electrons. The minimum Gasteiger partial charge on any atom is -0.305 e. The molecule has 0 aliphatic heterocycles. The van der Waals surface area contributed by atoms with Gasteiger partial charge in [-0.2, -0.15) is 0 Å². The minimum absolute atomic E-state index is 0.0654. The first-order chi connectivity index (χ1) is 6.91. The molecule has 0 fully saturated rings. The zero-order chi connectivity index (χ0) is 11.2. The molecule has 0 atom stereocenters. The number of fused-ring (bicyclic) bond motifs is 1. The van der Waals surface area contributed by atoms with Crippen molar-refractivity contribution >= 4 is 27.0 Å². The molecule has 0 unspecified atom stereocenters. The first-order valence-corrected chi connectivity index (χ1v) is 5.60. The number of hydrogen-bond donors (Lipinski definition) is 1. The van der Waals surface area contributed by atoms with Crippen LogP contribution in [0.3, 0.4) is 0 Å². The van der Waals surface area contributed by atoms with Gasteiger partial charge in [-0.3, -0.25) is 4.57 Å². The monoisotopic (exact) mass is 268 g/mol. The van der Waals surface area contributed by atoms with Crippen LogP contribution in [-0.2, 0) is 5.54 Å². The molecule has 0 aliphatic rings. The molecule has 1 heterocycles. The van der Waals surface area contributed by atoms with Gasteiger partial charge in [0.15, 0.2) is 0 Å². The van der Waals surface area contributed by atoms with Crippen LogP contribution >= 0.6 is 15.9 Å². The molecule has 4 heteroatoms. The molecule has 1 N–H and O–H groups in total. The van der Waals surface area contributed by atoms with Gasteiger partial charge in [-0.15, -0.1) is 0 Å². The number of nitrogens with zero attached hydrogens (tertiary/aromatic N) is 1. The summed E-state index contributed by atoms with van der Waals surface area (Å²) in [6.07, 6.45) is 0. The van der Waals surface area contributed by atoms with Crippen LogP contribution in [0.2, 0.25) is 0 Å². The summed E-state index contributed by atoms with van der Waals surface area (Å²) in [6.45, 7) is 6.05. The lowest BCUT2D eigenvalue weighted by Crippen LogP contribution is -2.31. The van der Waals surface area contributed by atoms with Crippen LogP contribution in [0, 0.1) is 0 Å². The Bertz CT molecular complexity index is 560. The van der Waals surface area contributed by atoms with Crippen LogP contribution in [0.4, 0.5) is 0 Å². The highest BCUT2D eigenvalue weighted by Gasteiger charge is 2.19. The van der Waals surface area contributed by atoms with Crippen molar-refractivity contribution in [1.82, 2.24) is 9.55 Å². The summed E-state index contributed by atoms with van der Waals surface area (Å²) < 4.78 is 2.69. The van der Waals surface area contributed by atoms with Crippen molar-refractivity contribution < 1.29 is 0 Å². The number of aromatic nitrogens is 2. The van der Waals surface area contributed by atoms with E-state index in [1.54, 1.807) is 4.57 Å². The Balaban J connectivity index is 2.92. The second kappa shape index (κ2) is 3.23. The lowest BCUT2D eigenvalue weighted by atomic mass is 10.1. The van der Waals surface area contributed by atoms with Gasteiger partial charge in [0.1, 0.15) is 0 Å². The van der Waals surface area contributed by atoms with Crippen LogP contribution < -0.4 is 5.69 Å². The maximum atomic E-state index is 11.8. The Morgan fingerprint density at radius 3 is 2.60 bits per heavy atom. The highest BCUT2D eigenvalue weighted by molar-refractivity contribution is 9.10. The summed E-state index contributed by atoms with van der Waals surface area (Å²) in [5, 5.41) is 0. The standard InChI is InChI=1S/C11H13BrN2O/c1-11(2,3)14-8-6-4-5-7(12)9(8)13-10(14)15/h4-6H,1-3H3,(H,13,15). The molecule has 15 heavy (non-hydrogen) atoms. The summed E-state index contributed by atoms with van der Waals surface area (Å²) in [6, 6.07) is 5.80. The van der Waals surface area contributed by atoms with Gasteiger partial charge in [-0.25, -0.2) is 4.79 Å². The van der Waals surface area contributed by atoms with Gasteiger partial charge in [0.25, 0.3) is 0 Å². The van der Waals surface area contributed by atoms with Crippen molar-refractivity contribution in [3.8, 4) is 0 Å². The Morgan fingerprint density at radius 2 is 2.00 bits per heavy atom. The van der Waals surface area contributed by atoms with Crippen LogP contribution in [0.5, 0.6) is 0 Å². The fourth-order valence-corrected chi connectivity index (χ4v) is 2.22. The van der Waals surface area contributed by atoms with Crippen molar-refractivity contribution in [3.63, 3.8) is 0 Å². The Morgan fingerprint density at radius 1 is 1.33 bits per heavy atom. The lowest BCUT2D eigenvalue weighted by molar-refractivity contribution is 0.397. The molecule has 0 bridgehead atoms. The number of para-hydroxylation sites is 1. The van der Waals surface area contributed by atoms with Gasteiger partial charge in [0.05, 0.1) is 11.0 Å². The van der Waals surface area contributed by atoms with E-state index in [9.17, 15) is 4.79 Å². The number of aromatic amines is 1. The molecule has 1 aromatic carbocycles. The highest BCUT2D eigenvalue weighted by Crippen LogP contribution is 2.24. The second-order valence-electron chi connectivity index (χ2n) is 4.57. The van der Waals surface area contributed by atoms with E-state index < -0.39 is 0 Å². The lowest BCUT2D eigenvalue weighted by Gasteiger charge is -2.20. The predicted octanol–water partition coefficient (Wildman–Crippen LogP) is 2.85. The van der Waals surface area contributed by atoms with Crippen LogP contribution in [0.15, 0.2) is 27.5 Å². The van der Waals surface area contributed by atoms with Gasteiger partial charge in [0, 0.05) is 10.0 Å². The number of halogens is 1. The molecule has 0 radical (unpaired) electrons. The van der Waals surface area contributed by atoms with Crippen molar-refractivity contribution in [2.75, 3.05) is 0 Å². The molecular formula is C11H13BrN2O. The molecule has 0 spiro atoms. The highest BCUT2D eigenvalue weighted by atomic mass is 79.9. The van der Waals surface area contributed by atoms with E-state index in [-0.39, 0.29) is 11.2 Å². The molecule has 0 saturated heterocycles. The Labute approximate surface area is 96.2 Å². The van der Waals surface area contributed by atoms with Crippen LogP contribution in [0.1, 0.15) is 20.8 Å². The summed E-state index contributed by atoms with van der Waals surface area (Å²) in [5.41, 5.74) is 1.51. The maximum absolute atomic E-state index is 11.8. The minimum atomic E-state index is -0.212. The number of imidazole rings is 1. The number of rotatable bonds is 0. The molecule has 1 aromatic heterocycles. The van der Waals surface area contributed by atoms with Gasteiger partial charge < -0.3 is 4.98 Å². The summed E-state index contributed by atoms with van der Waals surface area (Å²) in [7, 11) is 0. The zero-order valence-corrected chi connectivity index (χ0v) is 10.6. The fraction of sp³-hybridized carbons (Fsp3) is 0.364. The zero-order valence-electron chi connectivity index (χ0n) is 8.97. The summed E-state index contributed by atoms with van der Waals surface area (Å²) >= 11 is 3.43. The summed E-state index contributed by atoms with van der Waals surface area (Å²) in [5.74, 6) is 0. The average Bonchev–Trinajstić information content (AvgIpc) is 2.41. The fourth-order valence-electron chi connectivity index (χ4n) is 1.76. The first-order valence-electron chi connectivity index (χ1n) is 4.81. The van der Waals surface area contributed by atoms with Gasteiger partial charge >= 0.3 is 5.69 Å². The van der Waals surface area contributed by atoms with E-state index in [4.69, 9.17) is 0 Å². The Kier molecular flexibility index (Phi) is 2.26. The maximum Gasteiger partial charge on any atom is 0.326 e. The molecule has 2 aromatic rings. The molecule has 2 rings (SSSR count). The second-order valence-corrected chi connectivity index (χ2v) is 5.42. The third-order valence-electron chi connectivity index (χ3n) is 2.34. The van der Waals surface area contributed by atoms with E-state index in [0.29, 0.717) is 0 Å². The van der Waals surface area contributed by atoms with Crippen molar-refractivity contribution in [1.29, 1.82) is 0 Å². The summed E-state index contributed by atoms with van der Waals surface area (Å²) in [4.78, 5) is 14.7. The largest absolute Gasteiger partial charge is 0.326 e. The molecule has 0 saturated carbocycles. The van der Waals surface area contributed by atoms with Crippen LogP contribution in [0.25, 0.3) is 11.0 Å². The molecule has 0 amide bonds. The van der Waals surface area contributed by atoms with Crippen molar-refractivity contribution in [3.05, 3.63) is 33.2 Å². The third-order valence-corrected chi connectivity index (χ3v) is 3.00. The molecule has 3 nitrogen and oxygen atoms in total. The number of benzene rings is 1. The number of H-pyrrole nitrogens is 1. The van der Waals surface area contributed by atoms with E-state index in [0.717, 1.165) is 15.5 Å². The van der Waals surface area contributed by atoms with Crippen molar-refractivity contribution in [2.24, 2.45) is 0 Å². The predicted molar refractivity (Wildman–Crippen MR) is 65.3 cm³/mol. The molecular weight excluding hydrogens is 256 g/mol. The number of hydrogen-bond acceptors (Lipinski definition) is 1. The topological polar surface area (TPSA) is 37.8 Å². The van der Waals surface area contributed by atoms with E-state index in [1.165, 1.54) is 0 Å². The quantitative estimate of drug-likeness (QED) is 0.784. The van der Waals surface area contributed by atoms with E-state index in [1.807, 2.05) is 39.0 Å². The third kappa shape index (κ3) is 1.63. The number of nitrogens with one attached hydrogen (secondary N) is 1. The van der Waals surface area contributed by atoms with Crippen LogP contribution in [-0.4, -0.2) is 9.55 Å². The van der Waals surface area contributed by atoms with Gasteiger partial charge in [-0.1, -0.05) is 6.07 Å². The van der Waals surface area contributed by atoms with E-state index >= 15 is 0 Å².